The van der Waals surface area contributed by atoms with Crippen molar-refractivity contribution in [3.8, 4) is 11.3 Å². The number of hydrogen-bond acceptors (Lipinski definition) is 4. The van der Waals surface area contributed by atoms with Crippen molar-refractivity contribution in [2.45, 2.75) is 27.3 Å². The van der Waals surface area contributed by atoms with Gasteiger partial charge in [-0.15, -0.1) is 5.10 Å². The molecule has 3 rings (SSSR count). The van der Waals surface area contributed by atoms with Crippen LogP contribution in [0, 0.1) is 20.8 Å². The molecule has 0 fully saturated rings. The molecule has 0 aliphatic carbocycles. The number of rotatable bonds is 3. The number of benzene rings is 1. The van der Waals surface area contributed by atoms with Gasteiger partial charge in [0.1, 0.15) is 18.1 Å². The molecule has 0 aliphatic rings. The molecule has 0 saturated heterocycles. The van der Waals surface area contributed by atoms with E-state index in [0.29, 0.717) is 12.4 Å². The van der Waals surface area contributed by atoms with Crippen LogP contribution in [0.5, 0.6) is 0 Å². The normalized spacial score (nSPS) is 10.9. The van der Waals surface area contributed by atoms with Crippen molar-refractivity contribution in [3.63, 3.8) is 0 Å². The minimum absolute atomic E-state index is 0.516. The van der Waals surface area contributed by atoms with Crippen molar-refractivity contribution >= 4 is 0 Å². The molecule has 0 saturated carbocycles. The first kappa shape index (κ1) is 12.5. The quantitative estimate of drug-likeness (QED) is 0.789. The number of aryl methyl sites for hydroxylation is 3. The summed E-state index contributed by atoms with van der Waals surface area (Å²) in [6, 6.07) is 6.29. The summed E-state index contributed by atoms with van der Waals surface area (Å²) in [7, 11) is 0. The van der Waals surface area contributed by atoms with Gasteiger partial charge in [-0.25, -0.2) is 9.67 Å². The van der Waals surface area contributed by atoms with Gasteiger partial charge >= 0.3 is 0 Å². The zero-order valence-corrected chi connectivity index (χ0v) is 11.8. The molecule has 0 aliphatic heterocycles. The summed E-state index contributed by atoms with van der Waals surface area (Å²) in [6.07, 6.45) is 1.91. The lowest BCUT2D eigenvalue weighted by atomic mass is 10.1. The molecule has 0 unspecified atom stereocenters. The van der Waals surface area contributed by atoms with Gasteiger partial charge in [0.25, 0.3) is 0 Å². The molecular weight excluding hydrogens is 252 g/mol. The molecule has 2 aromatic heterocycles. The number of aromatic amines is 1. The molecule has 0 atom stereocenters. The van der Waals surface area contributed by atoms with Gasteiger partial charge in [-0.05, 0) is 38.0 Å². The standard InChI is InChI=1S/C14H16N6/c1-9-4-5-12(6-10(9)2)13-7-20(19-17-13)8-14-15-11(3)16-18-14/h4-7H,8H2,1-3H3,(H,15,16,18). The van der Waals surface area contributed by atoms with Crippen molar-refractivity contribution < 1.29 is 0 Å². The van der Waals surface area contributed by atoms with E-state index in [1.807, 2.05) is 13.1 Å². The van der Waals surface area contributed by atoms with Gasteiger partial charge in [0.2, 0.25) is 0 Å². The van der Waals surface area contributed by atoms with Gasteiger partial charge in [-0.1, -0.05) is 17.3 Å². The van der Waals surface area contributed by atoms with Crippen molar-refractivity contribution in [3.05, 3.63) is 47.2 Å². The predicted octanol–water partition coefficient (Wildman–Crippen LogP) is 2.04. The van der Waals surface area contributed by atoms with Crippen LogP contribution in [0.1, 0.15) is 22.8 Å². The smallest absolute Gasteiger partial charge is 0.172 e. The van der Waals surface area contributed by atoms with E-state index in [1.54, 1.807) is 4.68 Å². The Morgan fingerprint density at radius 1 is 1.15 bits per heavy atom. The average Bonchev–Trinajstić information content (AvgIpc) is 3.03. The lowest BCUT2D eigenvalue weighted by molar-refractivity contribution is 0.626. The highest BCUT2D eigenvalue weighted by Crippen LogP contribution is 2.19. The molecular formula is C14H16N6. The summed E-state index contributed by atoms with van der Waals surface area (Å²) in [5.41, 5.74) is 4.46. The van der Waals surface area contributed by atoms with Crippen molar-refractivity contribution in [2.24, 2.45) is 0 Å². The SMILES string of the molecule is Cc1nc(Cn2cc(-c3ccc(C)c(C)c3)nn2)n[nH]1. The molecule has 0 amide bonds. The summed E-state index contributed by atoms with van der Waals surface area (Å²) < 4.78 is 1.74. The maximum Gasteiger partial charge on any atom is 0.172 e. The summed E-state index contributed by atoms with van der Waals surface area (Å²) in [5.74, 6) is 1.51. The monoisotopic (exact) mass is 268 g/mol. The number of hydrogen-bond donors (Lipinski definition) is 1. The Kier molecular flexibility index (Phi) is 3.06. The molecule has 1 N–H and O–H groups in total. The van der Waals surface area contributed by atoms with Crippen LogP contribution in [0.15, 0.2) is 24.4 Å². The van der Waals surface area contributed by atoms with Crippen LogP contribution in [0.25, 0.3) is 11.3 Å². The van der Waals surface area contributed by atoms with E-state index in [9.17, 15) is 0 Å². The van der Waals surface area contributed by atoms with Crippen LogP contribution in [0.2, 0.25) is 0 Å². The second-order valence-electron chi connectivity index (χ2n) is 4.94. The van der Waals surface area contributed by atoms with Gasteiger partial charge in [0.05, 0.1) is 6.20 Å². The van der Waals surface area contributed by atoms with Gasteiger partial charge in [-0.2, -0.15) is 5.10 Å². The highest BCUT2D eigenvalue weighted by molar-refractivity contribution is 5.59. The Morgan fingerprint density at radius 3 is 2.70 bits per heavy atom. The van der Waals surface area contributed by atoms with Crippen LogP contribution in [0.4, 0.5) is 0 Å². The van der Waals surface area contributed by atoms with Crippen LogP contribution in [0.3, 0.4) is 0 Å². The van der Waals surface area contributed by atoms with Crippen molar-refractivity contribution in [1.82, 2.24) is 30.2 Å². The van der Waals surface area contributed by atoms with E-state index in [0.717, 1.165) is 17.1 Å². The summed E-state index contributed by atoms with van der Waals surface area (Å²) in [5, 5.41) is 15.2. The third kappa shape index (κ3) is 2.45. The second-order valence-corrected chi connectivity index (χ2v) is 4.94. The number of nitrogens with zero attached hydrogens (tertiary/aromatic N) is 5. The lowest BCUT2D eigenvalue weighted by Crippen LogP contribution is -2.02. The van der Waals surface area contributed by atoms with Crippen LogP contribution < -0.4 is 0 Å². The minimum Gasteiger partial charge on any atom is -0.263 e. The molecule has 0 spiro atoms. The van der Waals surface area contributed by atoms with Crippen molar-refractivity contribution in [1.29, 1.82) is 0 Å². The highest BCUT2D eigenvalue weighted by Gasteiger charge is 2.07. The first-order chi connectivity index (χ1) is 9.61. The van der Waals surface area contributed by atoms with Crippen LogP contribution in [-0.2, 0) is 6.54 Å². The van der Waals surface area contributed by atoms with Crippen LogP contribution >= 0.6 is 0 Å². The Bertz CT molecular complexity index is 740. The maximum atomic E-state index is 4.26. The Labute approximate surface area is 116 Å². The third-order valence-corrected chi connectivity index (χ3v) is 3.29. The van der Waals surface area contributed by atoms with Crippen LogP contribution in [-0.4, -0.2) is 30.2 Å². The average molecular weight is 268 g/mol. The molecule has 0 radical (unpaired) electrons. The number of aromatic nitrogens is 6. The molecule has 2 heterocycles. The second kappa shape index (κ2) is 4.88. The molecule has 6 nitrogen and oxygen atoms in total. The Morgan fingerprint density at radius 2 is 2.00 bits per heavy atom. The maximum absolute atomic E-state index is 4.26. The first-order valence-electron chi connectivity index (χ1n) is 6.47. The molecule has 6 heteroatoms. The summed E-state index contributed by atoms with van der Waals surface area (Å²) in [6.45, 7) is 6.59. The van der Waals surface area contributed by atoms with E-state index in [2.05, 4.69) is 57.5 Å². The van der Waals surface area contributed by atoms with E-state index in [4.69, 9.17) is 0 Å². The molecule has 20 heavy (non-hydrogen) atoms. The zero-order valence-electron chi connectivity index (χ0n) is 11.8. The minimum atomic E-state index is 0.516. The first-order valence-corrected chi connectivity index (χ1v) is 6.47. The zero-order chi connectivity index (χ0) is 14.1. The summed E-state index contributed by atoms with van der Waals surface area (Å²) in [4.78, 5) is 4.26. The van der Waals surface area contributed by atoms with Gasteiger partial charge in [0.15, 0.2) is 5.82 Å². The fraction of sp³-hybridized carbons (Fsp3) is 0.286. The Hall–Kier alpha value is -2.50. The molecule has 0 bridgehead atoms. The molecule has 3 aromatic rings. The number of H-pyrrole nitrogens is 1. The largest absolute Gasteiger partial charge is 0.263 e. The van der Waals surface area contributed by atoms with E-state index in [1.165, 1.54) is 11.1 Å². The van der Waals surface area contributed by atoms with Gasteiger partial charge in [-0.3, -0.25) is 5.10 Å². The summed E-state index contributed by atoms with van der Waals surface area (Å²) >= 11 is 0. The fourth-order valence-corrected chi connectivity index (χ4v) is 2.01. The van der Waals surface area contributed by atoms with E-state index >= 15 is 0 Å². The van der Waals surface area contributed by atoms with E-state index < -0.39 is 0 Å². The Balaban J connectivity index is 1.84. The van der Waals surface area contributed by atoms with Gasteiger partial charge in [0, 0.05) is 5.56 Å². The molecule has 1 aromatic carbocycles. The fourth-order valence-electron chi connectivity index (χ4n) is 2.01. The highest BCUT2D eigenvalue weighted by atomic mass is 15.4. The van der Waals surface area contributed by atoms with Crippen molar-refractivity contribution in [2.75, 3.05) is 0 Å². The number of nitrogens with one attached hydrogen (secondary N) is 1. The predicted molar refractivity (Wildman–Crippen MR) is 75.2 cm³/mol. The topological polar surface area (TPSA) is 72.3 Å². The lowest BCUT2D eigenvalue weighted by Gasteiger charge is -2.01. The van der Waals surface area contributed by atoms with Gasteiger partial charge < -0.3 is 0 Å². The molecule has 102 valence electrons. The van der Waals surface area contributed by atoms with E-state index in [-0.39, 0.29) is 0 Å². The third-order valence-electron chi connectivity index (χ3n) is 3.29.